The number of ether oxygens (including phenoxy) is 1. The minimum Gasteiger partial charge on any atom is -0.406 e. The lowest BCUT2D eigenvalue weighted by Gasteiger charge is -2.19. The lowest BCUT2D eigenvalue weighted by atomic mass is 10.1. The summed E-state index contributed by atoms with van der Waals surface area (Å²) in [6.07, 6.45) is -2.00. The first-order chi connectivity index (χ1) is 20.6. The number of hydrogen-bond acceptors (Lipinski definition) is 6. The number of benzene rings is 3. The Hall–Kier alpha value is -4.65. The molecule has 0 spiro atoms. The summed E-state index contributed by atoms with van der Waals surface area (Å²) >= 11 is 1.24. The number of urea groups is 1. The Labute approximate surface area is 249 Å². The molecule has 1 aromatic heterocycles. The van der Waals surface area contributed by atoms with E-state index >= 15 is 0 Å². The van der Waals surface area contributed by atoms with Crippen molar-refractivity contribution < 1.29 is 27.5 Å². The molecule has 0 radical (unpaired) electrons. The molecule has 1 aliphatic rings. The summed E-state index contributed by atoms with van der Waals surface area (Å²) in [4.78, 5) is 35.4. The second-order valence-electron chi connectivity index (χ2n) is 9.70. The molecule has 3 amide bonds. The lowest BCUT2D eigenvalue weighted by Crippen LogP contribution is -2.35. The minimum atomic E-state index is -4.76. The van der Waals surface area contributed by atoms with E-state index < -0.39 is 12.4 Å². The smallest absolute Gasteiger partial charge is 0.406 e. The number of nitrogens with one attached hydrogen (secondary N) is 1. The molecule has 13 heteroatoms. The number of aliphatic imine (C=N–C) groups is 1. The fourth-order valence-electron chi connectivity index (χ4n) is 4.55. The lowest BCUT2D eigenvalue weighted by molar-refractivity contribution is -0.274. The van der Waals surface area contributed by atoms with Crippen LogP contribution in [-0.4, -0.2) is 50.0 Å². The number of para-hydroxylation sites is 1. The van der Waals surface area contributed by atoms with E-state index in [0.29, 0.717) is 23.1 Å². The summed E-state index contributed by atoms with van der Waals surface area (Å²) in [5, 5.41) is 7.66. The molecule has 1 atom stereocenters. The Morgan fingerprint density at radius 2 is 1.81 bits per heavy atom. The highest BCUT2D eigenvalue weighted by molar-refractivity contribution is 8.15. The molecule has 1 unspecified atom stereocenters. The molecule has 4 aromatic rings. The van der Waals surface area contributed by atoms with Gasteiger partial charge >= 0.3 is 12.4 Å². The Morgan fingerprint density at radius 3 is 2.51 bits per heavy atom. The molecule has 1 saturated heterocycles. The van der Waals surface area contributed by atoms with Gasteiger partial charge in [0, 0.05) is 11.6 Å². The van der Waals surface area contributed by atoms with Crippen molar-refractivity contribution in [3.8, 4) is 22.8 Å². The largest absolute Gasteiger partial charge is 0.573 e. The van der Waals surface area contributed by atoms with E-state index in [2.05, 4.69) is 25.1 Å². The van der Waals surface area contributed by atoms with Crippen LogP contribution in [-0.2, 0) is 17.6 Å². The zero-order valence-electron chi connectivity index (χ0n) is 23.2. The van der Waals surface area contributed by atoms with Gasteiger partial charge in [-0.15, -0.1) is 18.3 Å². The van der Waals surface area contributed by atoms with Crippen LogP contribution in [0, 0.1) is 0 Å². The van der Waals surface area contributed by atoms with Gasteiger partial charge in [-0.3, -0.25) is 9.69 Å². The standard InChI is InChI=1S/C30H27F3N6O3S/c1-3-21-6-4-5-7-25(21)39-26(40)17-43-29(39)36-28(41)35-19(2)16-20-8-10-22(11-9-20)27-34-18-38(37-27)23-12-14-24(15-13-23)42-30(31,32)33/h4-15,18-19H,3,16-17H2,1-2H3,(H,35,41). The quantitative estimate of drug-likeness (QED) is 0.257. The zero-order valence-corrected chi connectivity index (χ0v) is 24.0. The van der Waals surface area contributed by atoms with E-state index in [1.807, 2.05) is 62.4 Å². The summed E-state index contributed by atoms with van der Waals surface area (Å²) in [5.41, 5.74) is 3.98. The number of amides is 3. The number of nitrogens with zero attached hydrogens (tertiary/aromatic N) is 5. The molecule has 1 aliphatic heterocycles. The number of rotatable bonds is 8. The van der Waals surface area contributed by atoms with Gasteiger partial charge in [-0.05, 0) is 61.2 Å². The van der Waals surface area contributed by atoms with Crippen molar-refractivity contribution in [1.82, 2.24) is 20.1 Å². The second kappa shape index (κ2) is 12.7. The SMILES string of the molecule is CCc1ccccc1N1C(=O)CSC1=NC(=O)NC(C)Cc1ccc(-c2ncn(-c3ccc(OC(F)(F)F)cc3)n2)cc1. The van der Waals surface area contributed by atoms with Crippen molar-refractivity contribution >= 4 is 34.6 Å². The van der Waals surface area contributed by atoms with Gasteiger partial charge in [0.25, 0.3) is 0 Å². The second-order valence-corrected chi connectivity index (χ2v) is 10.6. The average Bonchev–Trinajstić information content (AvgIpc) is 3.60. The monoisotopic (exact) mass is 608 g/mol. The van der Waals surface area contributed by atoms with Crippen LogP contribution in [0.5, 0.6) is 5.75 Å². The Morgan fingerprint density at radius 1 is 1.09 bits per heavy atom. The molecule has 1 N–H and O–H groups in total. The summed E-state index contributed by atoms with van der Waals surface area (Å²) in [7, 11) is 0. The number of thioether (sulfide) groups is 1. The van der Waals surface area contributed by atoms with Crippen molar-refractivity contribution in [1.29, 1.82) is 0 Å². The number of aromatic nitrogens is 3. The maximum Gasteiger partial charge on any atom is 0.573 e. The Kier molecular flexibility index (Phi) is 8.81. The fraction of sp³-hybridized carbons (Fsp3) is 0.233. The minimum absolute atomic E-state index is 0.113. The highest BCUT2D eigenvalue weighted by Gasteiger charge is 2.32. The molecule has 43 heavy (non-hydrogen) atoms. The number of anilines is 1. The number of halogens is 3. The number of hydrogen-bond donors (Lipinski definition) is 1. The first-order valence-electron chi connectivity index (χ1n) is 13.4. The molecule has 0 saturated carbocycles. The number of alkyl halides is 3. The van der Waals surface area contributed by atoms with Crippen molar-refractivity contribution in [2.75, 3.05) is 10.7 Å². The van der Waals surface area contributed by atoms with Crippen LogP contribution in [0.2, 0.25) is 0 Å². The topological polar surface area (TPSA) is 102 Å². The van der Waals surface area contributed by atoms with Crippen molar-refractivity contribution in [3.63, 3.8) is 0 Å². The van der Waals surface area contributed by atoms with E-state index in [0.717, 1.165) is 28.8 Å². The molecule has 222 valence electrons. The fourth-order valence-corrected chi connectivity index (χ4v) is 5.41. The molecule has 2 heterocycles. The van der Waals surface area contributed by atoms with Crippen molar-refractivity contribution in [2.45, 2.75) is 39.1 Å². The van der Waals surface area contributed by atoms with Gasteiger partial charge in [0.1, 0.15) is 12.1 Å². The third-order valence-corrected chi connectivity index (χ3v) is 7.45. The molecular formula is C30H27F3N6O3S. The normalized spacial score (nSPS) is 15.1. The van der Waals surface area contributed by atoms with E-state index in [9.17, 15) is 22.8 Å². The van der Waals surface area contributed by atoms with Crippen LogP contribution in [0.4, 0.5) is 23.7 Å². The molecule has 5 rings (SSSR count). The van der Waals surface area contributed by atoms with E-state index in [1.54, 1.807) is 0 Å². The summed E-state index contributed by atoms with van der Waals surface area (Å²) in [5.74, 6) is 0.232. The van der Waals surface area contributed by atoms with Crippen molar-refractivity contribution in [2.24, 2.45) is 4.99 Å². The molecule has 3 aromatic carbocycles. The van der Waals surface area contributed by atoms with Crippen LogP contribution in [0.25, 0.3) is 17.1 Å². The van der Waals surface area contributed by atoms with Crippen LogP contribution in [0.15, 0.2) is 84.1 Å². The van der Waals surface area contributed by atoms with E-state index in [-0.39, 0.29) is 23.5 Å². The molecule has 0 aliphatic carbocycles. The predicted molar refractivity (Wildman–Crippen MR) is 158 cm³/mol. The van der Waals surface area contributed by atoms with E-state index in [4.69, 9.17) is 0 Å². The molecule has 0 bridgehead atoms. The van der Waals surface area contributed by atoms with E-state index in [1.165, 1.54) is 51.9 Å². The highest BCUT2D eigenvalue weighted by atomic mass is 32.2. The van der Waals surface area contributed by atoms with Gasteiger partial charge in [-0.2, -0.15) is 4.99 Å². The Bertz CT molecular complexity index is 1640. The number of carbonyl (C=O) groups excluding carboxylic acids is 2. The maximum absolute atomic E-state index is 12.8. The van der Waals surface area contributed by atoms with Gasteiger partial charge < -0.3 is 10.1 Å². The van der Waals surface area contributed by atoms with Gasteiger partial charge in [-0.1, -0.05) is 61.2 Å². The molecule has 9 nitrogen and oxygen atoms in total. The van der Waals surface area contributed by atoms with Gasteiger partial charge in [0.05, 0.1) is 17.1 Å². The summed E-state index contributed by atoms with van der Waals surface area (Å²) < 4.78 is 42.6. The zero-order chi connectivity index (χ0) is 30.6. The Balaban J connectivity index is 1.19. The third kappa shape index (κ3) is 7.41. The van der Waals surface area contributed by atoms with Crippen LogP contribution < -0.4 is 15.0 Å². The molecule has 1 fully saturated rings. The highest BCUT2D eigenvalue weighted by Crippen LogP contribution is 2.30. The summed E-state index contributed by atoms with van der Waals surface area (Å²) in [6.45, 7) is 3.88. The third-order valence-electron chi connectivity index (χ3n) is 6.53. The van der Waals surface area contributed by atoms with Crippen molar-refractivity contribution in [3.05, 3.63) is 90.3 Å². The summed E-state index contributed by atoms with van der Waals surface area (Å²) in [6, 6.07) is 19.7. The number of amidine groups is 1. The molecular weight excluding hydrogens is 581 g/mol. The number of carbonyl (C=O) groups is 2. The van der Waals surface area contributed by atoms with Crippen LogP contribution >= 0.6 is 11.8 Å². The van der Waals surface area contributed by atoms with Crippen LogP contribution in [0.1, 0.15) is 25.0 Å². The van der Waals surface area contributed by atoms with Crippen LogP contribution in [0.3, 0.4) is 0 Å². The maximum atomic E-state index is 12.8. The van der Waals surface area contributed by atoms with Gasteiger partial charge in [0.2, 0.25) is 5.91 Å². The van der Waals surface area contributed by atoms with Gasteiger partial charge in [-0.25, -0.2) is 14.5 Å². The first-order valence-corrected chi connectivity index (χ1v) is 14.4. The van der Waals surface area contributed by atoms with Gasteiger partial charge in [0.15, 0.2) is 11.0 Å². The first kappa shape index (κ1) is 29.8. The number of aryl methyl sites for hydroxylation is 1. The average molecular weight is 609 g/mol. The predicted octanol–water partition coefficient (Wildman–Crippen LogP) is 6.17.